The first-order valence-corrected chi connectivity index (χ1v) is 6.30. The Kier molecular flexibility index (Phi) is 3.60. The number of nitrogens with zero attached hydrogens (tertiary/aromatic N) is 2. The van der Waals surface area contributed by atoms with Gasteiger partial charge in [-0.25, -0.2) is 4.98 Å². The Labute approximate surface area is 121 Å². The van der Waals surface area contributed by atoms with Gasteiger partial charge in [0.05, 0.1) is 12.2 Å². The van der Waals surface area contributed by atoms with Crippen molar-refractivity contribution in [1.82, 2.24) is 15.0 Å². The summed E-state index contributed by atoms with van der Waals surface area (Å²) in [4.78, 5) is 20.7. The maximum Gasteiger partial charge on any atom is 0.270 e. The lowest BCUT2D eigenvalue weighted by Gasteiger charge is -2.14. The Bertz CT molecular complexity index is 783. The number of H-pyrrole nitrogens is 1. The van der Waals surface area contributed by atoms with Crippen LogP contribution < -0.4 is 5.56 Å². The zero-order valence-electron chi connectivity index (χ0n) is 10.9. The van der Waals surface area contributed by atoms with Crippen molar-refractivity contribution in [1.29, 1.82) is 0 Å². The van der Waals surface area contributed by atoms with E-state index in [-0.39, 0.29) is 16.7 Å². The van der Waals surface area contributed by atoms with Crippen molar-refractivity contribution in [2.75, 3.05) is 6.61 Å². The van der Waals surface area contributed by atoms with Crippen molar-refractivity contribution in [3.8, 4) is 0 Å². The molecule has 0 amide bonds. The summed E-state index contributed by atoms with van der Waals surface area (Å²) in [7, 11) is 0. The van der Waals surface area contributed by atoms with Gasteiger partial charge in [0.15, 0.2) is 5.65 Å². The van der Waals surface area contributed by atoms with Crippen LogP contribution in [0.4, 0.5) is 8.78 Å². The summed E-state index contributed by atoms with van der Waals surface area (Å²) in [6.07, 6.45) is -5.16. The number of aliphatic hydroxyl groups is 3. The first-order chi connectivity index (χ1) is 10.4. The average Bonchev–Trinajstić information content (AvgIpc) is 2.76. The van der Waals surface area contributed by atoms with E-state index in [4.69, 9.17) is 9.84 Å². The molecule has 0 aromatic carbocycles. The number of hydrogen-bond donors (Lipinski definition) is 4. The van der Waals surface area contributed by atoms with Crippen LogP contribution in [0, 0.1) is 11.9 Å². The van der Waals surface area contributed by atoms with Crippen molar-refractivity contribution in [2.24, 2.45) is 0 Å². The minimum Gasteiger partial charge on any atom is -0.394 e. The van der Waals surface area contributed by atoms with Gasteiger partial charge in [0.25, 0.3) is 17.5 Å². The lowest BCUT2D eigenvalue weighted by atomic mass is 10.0. The van der Waals surface area contributed by atoms with E-state index in [0.717, 1.165) is 6.07 Å². The van der Waals surface area contributed by atoms with E-state index in [1.54, 1.807) is 0 Å². The van der Waals surface area contributed by atoms with Crippen molar-refractivity contribution in [3.63, 3.8) is 0 Å². The first kappa shape index (κ1) is 14.9. The van der Waals surface area contributed by atoms with Crippen LogP contribution in [0.1, 0.15) is 11.7 Å². The SMILES string of the molecule is O=c1[nH]c2nc(F)c(F)nc2cc1C1OC(CO)C(O)C1O. The van der Waals surface area contributed by atoms with Gasteiger partial charge in [-0.15, -0.1) is 0 Å². The molecule has 22 heavy (non-hydrogen) atoms. The lowest BCUT2D eigenvalue weighted by Crippen LogP contribution is -2.33. The Hall–Kier alpha value is -2.01. The topological polar surface area (TPSA) is 129 Å². The molecule has 1 aliphatic heterocycles. The molecule has 2 aromatic heterocycles. The highest BCUT2D eigenvalue weighted by Crippen LogP contribution is 2.32. The molecule has 3 rings (SSSR count). The number of aromatic nitrogens is 3. The van der Waals surface area contributed by atoms with E-state index in [1.165, 1.54) is 0 Å². The van der Waals surface area contributed by atoms with Crippen LogP contribution in [-0.4, -0.2) is 55.2 Å². The lowest BCUT2D eigenvalue weighted by molar-refractivity contribution is -0.0231. The molecule has 10 heteroatoms. The van der Waals surface area contributed by atoms with Gasteiger partial charge in [-0.3, -0.25) is 4.79 Å². The summed E-state index contributed by atoms with van der Waals surface area (Å²) in [5.74, 6) is -2.89. The average molecular weight is 315 g/mol. The standard InChI is InChI=1S/C12H11F2N3O5/c13-9-10(14)16-11-4(15-9)1-3(12(21)17-11)8-7(20)6(19)5(2-18)22-8/h1,5-8,18-20H,2H2,(H,16,17,21). The van der Waals surface area contributed by atoms with Crippen LogP contribution in [0.25, 0.3) is 11.2 Å². The fourth-order valence-corrected chi connectivity index (χ4v) is 2.36. The minimum absolute atomic E-state index is 0.143. The third kappa shape index (κ3) is 2.25. The first-order valence-electron chi connectivity index (χ1n) is 6.30. The highest BCUT2D eigenvalue weighted by molar-refractivity contribution is 5.69. The maximum atomic E-state index is 13.1. The number of fused-ring (bicyclic) bond motifs is 1. The van der Waals surface area contributed by atoms with Crippen molar-refractivity contribution in [2.45, 2.75) is 24.4 Å². The summed E-state index contributed by atoms with van der Waals surface area (Å²) in [5.41, 5.74) is -1.32. The molecule has 4 atom stereocenters. The van der Waals surface area contributed by atoms with Crippen LogP contribution in [-0.2, 0) is 4.74 Å². The summed E-state index contributed by atoms with van der Waals surface area (Å²) in [6.45, 7) is -0.556. The number of ether oxygens (including phenoxy) is 1. The molecular formula is C12H11F2N3O5. The number of aliphatic hydroxyl groups excluding tert-OH is 3. The summed E-state index contributed by atoms with van der Waals surface area (Å²) < 4.78 is 31.3. The predicted molar refractivity (Wildman–Crippen MR) is 66.8 cm³/mol. The predicted octanol–water partition coefficient (Wildman–Crippen LogP) is -1.25. The van der Waals surface area contributed by atoms with Crippen LogP contribution >= 0.6 is 0 Å². The molecular weight excluding hydrogens is 304 g/mol. The summed E-state index contributed by atoms with van der Waals surface area (Å²) in [5, 5.41) is 28.6. The molecule has 2 aromatic rings. The fourth-order valence-electron chi connectivity index (χ4n) is 2.36. The Balaban J connectivity index is 2.10. The van der Waals surface area contributed by atoms with Crippen LogP contribution in [0.15, 0.2) is 10.9 Å². The second kappa shape index (κ2) is 5.32. The summed E-state index contributed by atoms with van der Waals surface area (Å²) >= 11 is 0. The number of pyridine rings is 1. The number of nitrogens with one attached hydrogen (secondary N) is 1. The number of halogens is 2. The number of hydrogen-bond acceptors (Lipinski definition) is 7. The largest absolute Gasteiger partial charge is 0.394 e. The molecule has 4 unspecified atom stereocenters. The fraction of sp³-hybridized carbons (Fsp3) is 0.417. The highest BCUT2D eigenvalue weighted by Gasteiger charge is 2.44. The number of aromatic amines is 1. The molecule has 118 valence electrons. The monoisotopic (exact) mass is 315 g/mol. The van der Waals surface area contributed by atoms with E-state index < -0.39 is 48.5 Å². The van der Waals surface area contributed by atoms with E-state index >= 15 is 0 Å². The quantitative estimate of drug-likeness (QED) is 0.545. The molecule has 0 bridgehead atoms. The van der Waals surface area contributed by atoms with Gasteiger partial charge in [0.2, 0.25) is 0 Å². The van der Waals surface area contributed by atoms with Crippen LogP contribution in [0.2, 0.25) is 0 Å². The summed E-state index contributed by atoms with van der Waals surface area (Å²) in [6, 6.07) is 1.09. The molecule has 1 aliphatic rings. The van der Waals surface area contributed by atoms with Gasteiger partial charge in [0.1, 0.15) is 29.9 Å². The smallest absolute Gasteiger partial charge is 0.270 e. The van der Waals surface area contributed by atoms with Gasteiger partial charge in [-0.05, 0) is 6.07 Å². The van der Waals surface area contributed by atoms with E-state index in [2.05, 4.69) is 15.0 Å². The molecule has 3 heterocycles. The van der Waals surface area contributed by atoms with Crippen molar-refractivity contribution < 1.29 is 28.8 Å². The van der Waals surface area contributed by atoms with Crippen molar-refractivity contribution in [3.05, 3.63) is 33.9 Å². The molecule has 1 saturated heterocycles. The molecule has 0 spiro atoms. The van der Waals surface area contributed by atoms with E-state index in [9.17, 15) is 23.8 Å². The van der Waals surface area contributed by atoms with Gasteiger partial charge < -0.3 is 25.0 Å². The maximum absolute atomic E-state index is 13.1. The molecule has 4 N–H and O–H groups in total. The van der Waals surface area contributed by atoms with Crippen LogP contribution in [0.5, 0.6) is 0 Å². The Morgan fingerprint density at radius 3 is 2.55 bits per heavy atom. The molecule has 0 aliphatic carbocycles. The second-order valence-electron chi connectivity index (χ2n) is 4.85. The zero-order chi connectivity index (χ0) is 16.0. The minimum atomic E-state index is -1.46. The molecule has 0 radical (unpaired) electrons. The van der Waals surface area contributed by atoms with Crippen LogP contribution in [0.3, 0.4) is 0 Å². The van der Waals surface area contributed by atoms with Gasteiger partial charge in [-0.1, -0.05) is 0 Å². The zero-order valence-corrected chi connectivity index (χ0v) is 10.9. The van der Waals surface area contributed by atoms with E-state index in [1.807, 2.05) is 0 Å². The normalized spacial score (nSPS) is 28.4. The molecule has 0 saturated carbocycles. The third-order valence-electron chi connectivity index (χ3n) is 3.48. The molecule has 8 nitrogen and oxygen atoms in total. The third-order valence-corrected chi connectivity index (χ3v) is 3.48. The highest BCUT2D eigenvalue weighted by atomic mass is 19.2. The van der Waals surface area contributed by atoms with Gasteiger partial charge in [0, 0.05) is 0 Å². The van der Waals surface area contributed by atoms with Gasteiger partial charge in [-0.2, -0.15) is 13.8 Å². The molecule has 1 fully saturated rings. The van der Waals surface area contributed by atoms with E-state index in [0.29, 0.717) is 0 Å². The second-order valence-corrected chi connectivity index (χ2v) is 4.85. The Morgan fingerprint density at radius 1 is 1.23 bits per heavy atom. The number of rotatable bonds is 2. The Morgan fingerprint density at radius 2 is 1.91 bits per heavy atom. The van der Waals surface area contributed by atoms with Crippen molar-refractivity contribution >= 4 is 11.2 Å². The van der Waals surface area contributed by atoms with Gasteiger partial charge >= 0.3 is 0 Å².